The van der Waals surface area contributed by atoms with Crippen LogP contribution in [0.4, 0.5) is 5.69 Å². The third kappa shape index (κ3) is 2.72. The normalized spacial score (nSPS) is 19.7. The number of hydrogen-bond acceptors (Lipinski definition) is 4. The van der Waals surface area contributed by atoms with Crippen LogP contribution in [0.1, 0.15) is 11.1 Å². The second kappa shape index (κ2) is 5.59. The van der Waals surface area contributed by atoms with Crippen LogP contribution in [0.25, 0.3) is 0 Å². The summed E-state index contributed by atoms with van der Waals surface area (Å²) < 4.78 is 10.7. The highest BCUT2D eigenvalue weighted by Crippen LogP contribution is 2.30. The monoisotopic (exact) mass is 264 g/mol. The Morgan fingerprint density at radius 3 is 2.79 bits per heavy atom. The van der Waals surface area contributed by atoms with Crippen molar-refractivity contribution in [3.63, 3.8) is 0 Å². The molecule has 1 heterocycles. The lowest BCUT2D eigenvalue weighted by Gasteiger charge is -2.33. The number of carbonyl (C=O) groups is 1. The van der Waals surface area contributed by atoms with E-state index in [0.717, 1.165) is 22.6 Å². The minimum atomic E-state index is -0.0977. The van der Waals surface area contributed by atoms with Crippen LogP contribution in [0.5, 0.6) is 5.75 Å². The zero-order chi connectivity index (χ0) is 14.0. The molecule has 1 fully saturated rings. The van der Waals surface area contributed by atoms with Crippen molar-refractivity contribution in [1.29, 1.82) is 0 Å². The molecule has 19 heavy (non-hydrogen) atoms. The Labute approximate surface area is 113 Å². The summed E-state index contributed by atoms with van der Waals surface area (Å²) in [5, 5.41) is 0. The SMILES string of the molecule is COc1cc(C)c(N2CC(CN)OCC2=O)cc1C. The van der Waals surface area contributed by atoms with Crippen molar-refractivity contribution in [2.45, 2.75) is 20.0 Å². The van der Waals surface area contributed by atoms with Gasteiger partial charge in [-0.25, -0.2) is 0 Å². The van der Waals surface area contributed by atoms with Gasteiger partial charge in [0.25, 0.3) is 5.91 Å². The summed E-state index contributed by atoms with van der Waals surface area (Å²) in [5.41, 5.74) is 8.54. The number of ether oxygens (including phenoxy) is 2. The Bertz CT molecular complexity index is 488. The van der Waals surface area contributed by atoms with Crippen LogP contribution in [0.15, 0.2) is 12.1 Å². The molecule has 0 radical (unpaired) electrons. The lowest BCUT2D eigenvalue weighted by atomic mass is 10.1. The molecule has 1 aromatic rings. The van der Waals surface area contributed by atoms with Gasteiger partial charge in [-0.1, -0.05) is 0 Å². The number of rotatable bonds is 3. The molecule has 0 aromatic heterocycles. The molecule has 2 N–H and O–H groups in total. The Hall–Kier alpha value is -1.59. The van der Waals surface area contributed by atoms with Crippen molar-refractivity contribution in [3.8, 4) is 5.75 Å². The van der Waals surface area contributed by atoms with Gasteiger partial charge in [0.15, 0.2) is 0 Å². The van der Waals surface area contributed by atoms with E-state index in [0.29, 0.717) is 13.1 Å². The first-order valence-corrected chi connectivity index (χ1v) is 6.34. The molecule has 104 valence electrons. The molecule has 2 rings (SSSR count). The fraction of sp³-hybridized carbons (Fsp3) is 0.500. The first-order valence-electron chi connectivity index (χ1n) is 6.34. The smallest absolute Gasteiger partial charge is 0.253 e. The third-order valence-electron chi connectivity index (χ3n) is 3.40. The second-order valence-corrected chi connectivity index (χ2v) is 4.78. The summed E-state index contributed by atoms with van der Waals surface area (Å²) >= 11 is 0. The fourth-order valence-electron chi connectivity index (χ4n) is 2.29. The van der Waals surface area contributed by atoms with E-state index in [9.17, 15) is 4.79 Å². The number of benzene rings is 1. The molecule has 5 heteroatoms. The van der Waals surface area contributed by atoms with E-state index in [1.54, 1.807) is 12.0 Å². The van der Waals surface area contributed by atoms with Crippen molar-refractivity contribution in [2.24, 2.45) is 5.73 Å². The first-order chi connectivity index (χ1) is 9.06. The minimum absolute atomic E-state index is 0.0302. The van der Waals surface area contributed by atoms with Gasteiger partial charge < -0.3 is 20.1 Å². The highest BCUT2D eigenvalue weighted by Gasteiger charge is 2.27. The Kier molecular flexibility index (Phi) is 4.07. The summed E-state index contributed by atoms with van der Waals surface area (Å²) in [4.78, 5) is 13.8. The largest absolute Gasteiger partial charge is 0.496 e. The number of aryl methyl sites for hydroxylation is 2. The van der Waals surface area contributed by atoms with E-state index in [1.165, 1.54) is 0 Å². The zero-order valence-electron chi connectivity index (χ0n) is 11.6. The third-order valence-corrected chi connectivity index (χ3v) is 3.40. The number of amides is 1. The predicted molar refractivity (Wildman–Crippen MR) is 73.6 cm³/mol. The van der Waals surface area contributed by atoms with Gasteiger partial charge in [-0.3, -0.25) is 4.79 Å². The molecule has 1 aliphatic heterocycles. The number of hydrogen-bond donors (Lipinski definition) is 1. The number of nitrogens with two attached hydrogens (primary N) is 1. The highest BCUT2D eigenvalue weighted by molar-refractivity contribution is 5.96. The van der Waals surface area contributed by atoms with Crippen LogP contribution in [0.2, 0.25) is 0 Å². The molecule has 1 amide bonds. The number of morpholine rings is 1. The summed E-state index contributed by atoms with van der Waals surface area (Å²) in [5.74, 6) is 0.801. The van der Waals surface area contributed by atoms with E-state index in [2.05, 4.69) is 0 Å². The summed E-state index contributed by atoms with van der Waals surface area (Å²) in [6.45, 7) is 4.94. The second-order valence-electron chi connectivity index (χ2n) is 4.78. The highest BCUT2D eigenvalue weighted by atomic mass is 16.5. The van der Waals surface area contributed by atoms with Crippen LogP contribution in [0, 0.1) is 13.8 Å². The van der Waals surface area contributed by atoms with Gasteiger partial charge in [0.2, 0.25) is 0 Å². The molecule has 0 bridgehead atoms. The Morgan fingerprint density at radius 2 is 2.16 bits per heavy atom. The number of anilines is 1. The fourth-order valence-corrected chi connectivity index (χ4v) is 2.29. The van der Waals surface area contributed by atoms with Crippen molar-refractivity contribution in [2.75, 3.05) is 31.7 Å². The Morgan fingerprint density at radius 1 is 1.42 bits per heavy atom. The molecule has 1 saturated heterocycles. The standard InChI is InChI=1S/C14H20N2O3/c1-9-5-13(18-3)10(2)4-12(9)16-7-11(6-15)19-8-14(16)17/h4-5,11H,6-8,15H2,1-3H3. The minimum Gasteiger partial charge on any atom is -0.496 e. The number of methoxy groups -OCH3 is 1. The quantitative estimate of drug-likeness (QED) is 0.884. The predicted octanol–water partition coefficient (Wildman–Crippen LogP) is 1.00. The van der Waals surface area contributed by atoms with Gasteiger partial charge in [0.05, 0.1) is 19.8 Å². The summed E-state index contributed by atoms with van der Waals surface area (Å²) in [6, 6.07) is 3.93. The van der Waals surface area contributed by atoms with Gasteiger partial charge in [0, 0.05) is 12.2 Å². The van der Waals surface area contributed by atoms with E-state index in [-0.39, 0.29) is 18.6 Å². The van der Waals surface area contributed by atoms with Crippen LogP contribution in [-0.4, -0.2) is 38.8 Å². The molecule has 0 saturated carbocycles. The van der Waals surface area contributed by atoms with Gasteiger partial charge in [0.1, 0.15) is 12.4 Å². The van der Waals surface area contributed by atoms with Crippen molar-refractivity contribution < 1.29 is 14.3 Å². The molecule has 5 nitrogen and oxygen atoms in total. The van der Waals surface area contributed by atoms with Crippen molar-refractivity contribution in [1.82, 2.24) is 0 Å². The average molecular weight is 264 g/mol. The molecular weight excluding hydrogens is 244 g/mol. The summed E-state index contributed by atoms with van der Waals surface area (Å²) in [6.07, 6.45) is -0.0977. The summed E-state index contributed by atoms with van der Waals surface area (Å²) in [7, 11) is 1.64. The molecule has 0 spiro atoms. The molecule has 0 aliphatic carbocycles. The van der Waals surface area contributed by atoms with E-state index in [4.69, 9.17) is 15.2 Å². The number of carbonyl (C=O) groups excluding carboxylic acids is 1. The topological polar surface area (TPSA) is 64.8 Å². The average Bonchev–Trinajstić information content (AvgIpc) is 2.41. The first kappa shape index (κ1) is 13.8. The lowest BCUT2D eigenvalue weighted by Crippen LogP contribution is -2.49. The van der Waals surface area contributed by atoms with Crippen LogP contribution in [-0.2, 0) is 9.53 Å². The van der Waals surface area contributed by atoms with E-state index >= 15 is 0 Å². The maximum absolute atomic E-state index is 12.0. The molecule has 1 aromatic carbocycles. The van der Waals surface area contributed by atoms with Gasteiger partial charge in [-0.2, -0.15) is 0 Å². The molecular formula is C14H20N2O3. The maximum Gasteiger partial charge on any atom is 0.253 e. The van der Waals surface area contributed by atoms with Gasteiger partial charge in [-0.05, 0) is 37.1 Å². The van der Waals surface area contributed by atoms with Crippen molar-refractivity contribution in [3.05, 3.63) is 23.3 Å². The zero-order valence-corrected chi connectivity index (χ0v) is 11.6. The van der Waals surface area contributed by atoms with Crippen LogP contribution >= 0.6 is 0 Å². The Balaban J connectivity index is 2.34. The lowest BCUT2D eigenvalue weighted by molar-refractivity contribution is -0.128. The molecule has 1 unspecified atom stereocenters. The van der Waals surface area contributed by atoms with Gasteiger partial charge in [-0.15, -0.1) is 0 Å². The van der Waals surface area contributed by atoms with Crippen molar-refractivity contribution >= 4 is 11.6 Å². The van der Waals surface area contributed by atoms with E-state index in [1.807, 2.05) is 26.0 Å². The van der Waals surface area contributed by atoms with Crippen LogP contribution in [0.3, 0.4) is 0 Å². The maximum atomic E-state index is 12.0. The molecule has 1 aliphatic rings. The molecule has 1 atom stereocenters. The van der Waals surface area contributed by atoms with Crippen LogP contribution < -0.4 is 15.4 Å². The van der Waals surface area contributed by atoms with E-state index < -0.39 is 0 Å². The number of nitrogens with zero attached hydrogens (tertiary/aromatic N) is 1. The van der Waals surface area contributed by atoms with Gasteiger partial charge >= 0.3 is 0 Å².